The number of nitrogens with one attached hydrogen (secondary N) is 1. The minimum Gasteiger partial charge on any atom is -0.383 e. The largest absolute Gasteiger partial charge is 0.383 e. The number of hydrogen-bond donors (Lipinski definition) is 1. The van der Waals surface area contributed by atoms with Crippen LogP contribution in [-0.4, -0.2) is 39.5 Å². The fourth-order valence-electron chi connectivity index (χ4n) is 2.96. The molecule has 1 saturated heterocycles. The molecule has 3 nitrogen and oxygen atoms in total. The van der Waals surface area contributed by atoms with Gasteiger partial charge in [0.2, 0.25) is 0 Å². The van der Waals surface area contributed by atoms with Crippen molar-refractivity contribution in [2.75, 3.05) is 33.4 Å². The average Bonchev–Trinajstić information content (AvgIpc) is 2.96. The Labute approximate surface area is 122 Å². The predicted molar refractivity (Wildman–Crippen MR) is 82.3 cm³/mol. The second-order valence-corrected chi connectivity index (χ2v) is 5.62. The third kappa shape index (κ3) is 4.58. The lowest BCUT2D eigenvalue weighted by atomic mass is 9.89. The molecule has 112 valence electrons. The molecule has 1 aliphatic rings. The van der Waals surface area contributed by atoms with Gasteiger partial charge >= 0.3 is 0 Å². The van der Waals surface area contributed by atoms with Crippen LogP contribution >= 0.6 is 0 Å². The second kappa shape index (κ2) is 8.40. The maximum atomic E-state index is 5.82. The molecular weight excluding hydrogens is 250 g/mol. The highest BCUT2D eigenvalue weighted by molar-refractivity contribution is 5.29. The Morgan fingerprint density at radius 2 is 2.25 bits per heavy atom. The normalized spacial score (nSPS) is 20.2. The van der Waals surface area contributed by atoms with Crippen molar-refractivity contribution in [2.24, 2.45) is 0 Å². The number of aryl methyl sites for hydroxylation is 1. The molecule has 3 heteroatoms. The Morgan fingerprint density at radius 3 is 2.95 bits per heavy atom. The van der Waals surface area contributed by atoms with Gasteiger partial charge in [-0.25, -0.2) is 0 Å². The summed E-state index contributed by atoms with van der Waals surface area (Å²) in [6, 6.07) is 8.71. The summed E-state index contributed by atoms with van der Waals surface area (Å²) in [4.78, 5) is 0. The summed E-state index contributed by atoms with van der Waals surface area (Å²) in [6.45, 7) is 5.80. The van der Waals surface area contributed by atoms with Crippen molar-refractivity contribution in [3.63, 3.8) is 0 Å². The SMILES string of the molecule is COCCNCC(CC1CCCO1)c1ccccc1C. The van der Waals surface area contributed by atoms with Crippen molar-refractivity contribution in [2.45, 2.75) is 38.2 Å². The van der Waals surface area contributed by atoms with Crippen LogP contribution in [0.3, 0.4) is 0 Å². The van der Waals surface area contributed by atoms with Gasteiger partial charge in [0, 0.05) is 26.8 Å². The van der Waals surface area contributed by atoms with Crippen LogP contribution in [0, 0.1) is 6.92 Å². The van der Waals surface area contributed by atoms with Crippen LogP contribution in [-0.2, 0) is 9.47 Å². The van der Waals surface area contributed by atoms with Crippen LogP contribution in [0.15, 0.2) is 24.3 Å². The topological polar surface area (TPSA) is 30.5 Å². The molecule has 1 aromatic rings. The van der Waals surface area contributed by atoms with E-state index < -0.39 is 0 Å². The van der Waals surface area contributed by atoms with Crippen molar-refractivity contribution >= 4 is 0 Å². The Morgan fingerprint density at radius 1 is 1.40 bits per heavy atom. The van der Waals surface area contributed by atoms with E-state index in [0.29, 0.717) is 12.0 Å². The molecule has 2 atom stereocenters. The molecule has 1 aliphatic heterocycles. The molecule has 1 aromatic carbocycles. The lowest BCUT2D eigenvalue weighted by molar-refractivity contribution is 0.0973. The summed E-state index contributed by atoms with van der Waals surface area (Å²) in [5, 5.41) is 3.51. The maximum Gasteiger partial charge on any atom is 0.0587 e. The molecule has 0 radical (unpaired) electrons. The van der Waals surface area contributed by atoms with Crippen LogP contribution in [0.1, 0.15) is 36.3 Å². The van der Waals surface area contributed by atoms with Gasteiger partial charge in [-0.15, -0.1) is 0 Å². The molecule has 1 N–H and O–H groups in total. The van der Waals surface area contributed by atoms with E-state index in [1.54, 1.807) is 7.11 Å². The van der Waals surface area contributed by atoms with Gasteiger partial charge < -0.3 is 14.8 Å². The minimum absolute atomic E-state index is 0.434. The van der Waals surface area contributed by atoms with E-state index in [9.17, 15) is 0 Å². The van der Waals surface area contributed by atoms with Crippen molar-refractivity contribution in [1.29, 1.82) is 0 Å². The first kappa shape index (κ1) is 15.5. The molecular formula is C17H27NO2. The van der Waals surface area contributed by atoms with Gasteiger partial charge in [0.1, 0.15) is 0 Å². The Balaban J connectivity index is 1.97. The van der Waals surface area contributed by atoms with E-state index in [1.165, 1.54) is 24.0 Å². The number of rotatable bonds is 8. The number of methoxy groups -OCH3 is 1. The van der Waals surface area contributed by atoms with Crippen LogP contribution < -0.4 is 5.32 Å². The van der Waals surface area contributed by atoms with Crippen LogP contribution in [0.4, 0.5) is 0 Å². The van der Waals surface area contributed by atoms with Crippen molar-refractivity contribution in [3.05, 3.63) is 35.4 Å². The number of hydrogen-bond acceptors (Lipinski definition) is 3. The van der Waals surface area contributed by atoms with E-state index in [-0.39, 0.29) is 0 Å². The fraction of sp³-hybridized carbons (Fsp3) is 0.647. The lowest BCUT2D eigenvalue weighted by Crippen LogP contribution is -2.27. The fourth-order valence-corrected chi connectivity index (χ4v) is 2.96. The predicted octanol–water partition coefficient (Wildman–Crippen LogP) is 2.88. The molecule has 0 amide bonds. The second-order valence-electron chi connectivity index (χ2n) is 5.62. The number of ether oxygens (including phenoxy) is 2. The van der Waals surface area contributed by atoms with Crippen molar-refractivity contribution in [1.82, 2.24) is 5.32 Å². The zero-order chi connectivity index (χ0) is 14.2. The van der Waals surface area contributed by atoms with Crippen LogP contribution in [0.2, 0.25) is 0 Å². The highest BCUT2D eigenvalue weighted by Crippen LogP contribution is 2.28. The molecule has 2 rings (SSSR count). The standard InChI is InChI=1S/C17H27NO2/c1-14-6-3-4-8-17(14)15(13-18-9-11-19-2)12-16-7-5-10-20-16/h3-4,6,8,15-16,18H,5,7,9-13H2,1-2H3. The summed E-state index contributed by atoms with van der Waals surface area (Å²) in [5.41, 5.74) is 2.83. The lowest BCUT2D eigenvalue weighted by Gasteiger charge is -2.23. The third-order valence-corrected chi connectivity index (χ3v) is 4.07. The summed E-state index contributed by atoms with van der Waals surface area (Å²) in [6.07, 6.45) is 3.97. The van der Waals surface area contributed by atoms with Crippen LogP contribution in [0.5, 0.6) is 0 Å². The van der Waals surface area contributed by atoms with Gasteiger partial charge in [-0.05, 0) is 43.2 Å². The first-order valence-electron chi connectivity index (χ1n) is 7.68. The van der Waals surface area contributed by atoms with E-state index in [4.69, 9.17) is 9.47 Å². The third-order valence-electron chi connectivity index (χ3n) is 4.07. The molecule has 0 bridgehead atoms. The Hall–Kier alpha value is -0.900. The molecule has 1 heterocycles. The molecule has 1 fully saturated rings. The van der Waals surface area contributed by atoms with Crippen molar-refractivity contribution in [3.8, 4) is 0 Å². The smallest absolute Gasteiger partial charge is 0.0587 e. The first-order valence-corrected chi connectivity index (χ1v) is 7.68. The monoisotopic (exact) mass is 277 g/mol. The number of benzene rings is 1. The van der Waals surface area contributed by atoms with Gasteiger partial charge in [0.15, 0.2) is 0 Å². The summed E-state index contributed by atoms with van der Waals surface area (Å²) < 4.78 is 10.9. The summed E-state index contributed by atoms with van der Waals surface area (Å²) >= 11 is 0. The highest BCUT2D eigenvalue weighted by Gasteiger charge is 2.22. The molecule has 0 saturated carbocycles. The van der Waals surface area contributed by atoms with Crippen LogP contribution in [0.25, 0.3) is 0 Å². The van der Waals surface area contributed by atoms with Gasteiger partial charge in [-0.1, -0.05) is 24.3 Å². The molecule has 0 aromatic heterocycles. The Bertz CT molecular complexity index is 388. The molecule has 0 aliphatic carbocycles. The quantitative estimate of drug-likeness (QED) is 0.741. The Kier molecular flexibility index (Phi) is 6.51. The van der Waals surface area contributed by atoms with Gasteiger partial charge in [-0.2, -0.15) is 0 Å². The van der Waals surface area contributed by atoms with Gasteiger partial charge in [0.05, 0.1) is 12.7 Å². The van der Waals surface area contributed by atoms with E-state index in [0.717, 1.165) is 32.7 Å². The molecule has 2 unspecified atom stereocenters. The van der Waals surface area contributed by atoms with Gasteiger partial charge in [0.25, 0.3) is 0 Å². The zero-order valence-electron chi connectivity index (χ0n) is 12.7. The zero-order valence-corrected chi connectivity index (χ0v) is 12.7. The summed E-state index contributed by atoms with van der Waals surface area (Å²) in [7, 11) is 1.74. The summed E-state index contributed by atoms with van der Waals surface area (Å²) in [5.74, 6) is 0.524. The first-order chi connectivity index (χ1) is 9.81. The van der Waals surface area contributed by atoms with E-state index in [1.807, 2.05) is 0 Å². The maximum absolute atomic E-state index is 5.82. The van der Waals surface area contributed by atoms with Crippen molar-refractivity contribution < 1.29 is 9.47 Å². The van der Waals surface area contributed by atoms with E-state index in [2.05, 4.69) is 36.5 Å². The minimum atomic E-state index is 0.434. The highest BCUT2D eigenvalue weighted by atomic mass is 16.5. The average molecular weight is 277 g/mol. The van der Waals surface area contributed by atoms with Gasteiger partial charge in [-0.3, -0.25) is 0 Å². The molecule has 0 spiro atoms. The molecule has 20 heavy (non-hydrogen) atoms. The van der Waals surface area contributed by atoms with E-state index >= 15 is 0 Å².